The van der Waals surface area contributed by atoms with Crippen LogP contribution in [0.25, 0.3) is 0 Å². The Hall–Kier alpha value is -0.300. The first kappa shape index (κ1) is 15.1. The van der Waals surface area contributed by atoms with Crippen LogP contribution in [0.5, 0.6) is 0 Å². The SMILES string of the molecule is COC(=O)C1CC(CN2NC(C)C(N)C2C)C(C)S1. The minimum Gasteiger partial charge on any atom is -0.468 e. The first-order chi connectivity index (χ1) is 8.93. The molecule has 0 aromatic carbocycles. The molecular weight excluding hydrogens is 262 g/mol. The number of hydrogen-bond acceptors (Lipinski definition) is 6. The van der Waals surface area contributed by atoms with Gasteiger partial charge in [0.1, 0.15) is 5.25 Å². The minimum absolute atomic E-state index is 0.00555. The third-order valence-corrected chi connectivity index (χ3v) is 5.98. The summed E-state index contributed by atoms with van der Waals surface area (Å²) in [4.78, 5) is 11.6. The summed E-state index contributed by atoms with van der Waals surface area (Å²) in [7, 11) is 1.46. The second-order valence-corrected chi connectivity index (χ2v) is 7.32. The molecule has 2 fully saturated rings. The Labute approximate surface area is 119 Å². The van der Waals surface area contributed by atoms with Crippen LogP contribution in [-0.2, 0) is 9.53 Å². The molecule has 2 aliphatic rings. The van der Waals surface area contributed by atoms with Crippen LogP contribution in [0.15, 0.2) is 0 Å². The summed E-state index contributed by atoms with van der Waals surface area (Å²) < 4.78 is 4.85. The van der Waals surface area contributed by atoms with Crippen LogP contribution in [-0.4, -0.2) is 53.3 Å². The van der Waals surface area contributed by atoms with Crippen LogP contribution in [0.4, 0.5) is 0 Å². The van der Waals surface area contributed by atoms with Crippen molar-refractivity contribution in [1.82, 2.24) is 10.4 Å². The van der Waals surface area contributed by atoms with Crippen LogP contribution in [0, 0.1) is 5.92 Å². The van der Waals surface area contributed by atoms with Gasteiger partial charge in [-0.15, -0.1) is 11.8 Å². The molecule has 6 atom stereocenters. The second kappa shape index (κ2) is 5.99. The first-order valence-corrected chi connectivity index (χ1v) is 7.90. The van der Waals surface area contributed by atoms with Crippen LogP contribution >= 0.6 is 11.8 Å². The molecule has 6 heteroatoms. The lowest BCUT2D eigenvalue weighted by Gasteiger charge is -2.26. The maximum atomic E-state index is 11.6. The lowest BCUT2D eigenvalue weighted by atomic mass is 9.99. The molecule has 110 valence electrons. The van der Waals surface area contributed by atoms with E-state index in [1.807, 2.05) is 0 Å². The third-order valence-electron chi connectivity index (χ3n) is 4.45. The quantitative estimate of drug-likeness (QED) is 0.741. The predicted molar refractivity (Wildman–Crippen MR) is 77.7 cm³/mol. The van der Waals surface area contributed by atoms with E-state index in [-0.39, 0.29) is 17.3 Å². The molecule has 6 unspecified atom stereocenters. The molecule has 0 aliphatic carbocycles. The minimum atomic E-state index is -0.0909. The summed E-state index contributed by atoms with van der Waals surface area (Å²) in [5.41, 5.74) is 9.58. The molecule has 0 saturated carbocycles. The number of esters is 1. The van der Waals surface area contributed by atoms with E-state index < -0.39 is 0 Å². The lowest BCUT2D eigenvalue weighted by Crippen LogP contribution is -2.43. The zero-order valence-corrected chi connectivity index (χ0v) is 12.9. The highest BCUT2D eigenvalue weighted by atomic mass is 32.2. The van der Waals surface area contributed by atoms with Gasteiger partial charge in [-0.3, -0.25) is 10.2 Å². The Morgan fingerprint density at radius 3 is 2.68 bits per heavy atom. The standard InChI is InChI=1S/C13H25N3O2S/c1-7-12(14)8(2)16(15-7)6-10-5-11(13(17)18-4)19-9(10)3/h7-12,15H,5-6,14H2,1-4H3. The fraction of sp³-hybridized carbons (Fsp3) is 0.923. The van der Waals surface area contributed by atoms with Gasteiger partial charge < -0.3 is 10.5 Å². The highest BCUT2D eigenvalue weighted by Gasteiger charge is 2.41. The number of hydrogen-bond donors (Lipinski definition) is 2. The van der Waals surface area contributed by atoms with Gasteiger partial charge in [0.2, 0.25) is 0 Å². The van der Waals surface area contributed by atoms with Crippen molar-refractivity contribution in [2.24, 2.45) is 11.7 Å². The van der Waals surface area contributed by atoms with Crippen molar-refractivity contribution in [3.05, 3.63) is 0 Å². The molecule has 2 saturated heterocycles. The van der Waals surface area contributed by atoms with Gasteiger partial charge in [0.05, 0.1) is 7.11 Å². The van der Waals surface area contributed by atoms with Gasteiger partial charge in [-0.2, -0.15) is 0 Å². The van der Waals surface area contributed by atoms with Crippen molar-refractivity contribution in [1.29, 1.82) is 0 Å². The van der Waals surface area contributed by atoms with Crippen LogP contribution in [0.2, 0.25) is 0 Å². The van der Waals surface area contributed by atoms with Crippen LogP contribution < -0.4 is 11.2 Å². The van der Waals surface area contributed by atoms with Crippen LogP contribution in [0.1, 0.15) is 27.2 Å². The summed E-state index contributed by atoms with van der Waals surface area (Å²) >= 11 is 1.73. The molecule has 2 aliphatic heterocycles. The molecule has 0 amide bonds. The Morgan fingerprint density at radius 1 is 1.47 bits per heavy atom. The Bertz CT molecular complexity index is 342. The first-order valence-electron chi connectivity index (χ1n) is 6.95. The van der Waals surface area contributed by atoms with E-state index in [1.165, 1.54) is 7.11 Å². The van der Waals surface area contributed by atoms with E-state index in [4.69, 9.17) is 10.5 Å². The molecule has 2 rings (SSSR count). The summed E-state index contributed by atoms with van der Waals surface area (Å²) in [5, 5.41) is 2.72. The van der Waals surface area contributed by atoms with Gasteiger partial charge >= 0.3 is 5.97 Å². The zero-order chi connectivity index (χ0) is 14.2. The summed E-state index contributed by atoms with van der Waals surface area (Å²) in [6.07, 6.45) is 0.896. The monoisotopic (exact) mass is 287 g/mol. The maximum Gasteiger partial charge on any atom is 0.318 e. The van der Waals surface area contributed by atoms with E-state index >= 15 is 0 Å². The molecule has 0 bridgehead atoms. The topological polar surface area (TPSA) is 67.6 Å². The van der Waals surface area contributed by atoms with Gasteiger partial charge in [-0.05, 0) is 26.2 Å². The van der Waals surface area contributed by atoms with Crippen molar-refractivity contribution in [2.75, 3.05) is 13.7 Å². The van der Waals surface area contributed by atoms with Gasteiger partial charge in [-0.1, -0.05) is 6.92 Å². The average molecular weight is 287 g/mol. The highest BCUT2D eigenvalue weighted by Crippen LogP contribution is 2.39. The molecular formula is C13H25N3O2S. The number of nitrogens with two attached hydrogens (primary N) is 1. The number of carbonyl (C=O) groups is 1. The van der Waals surface area contributed by atoms with Crippen molar-refractivity contribution in [2.45, 2.75) is 55.8 Å². The van der Waals surface area contributed by atoms with E-state index in [2.05, 4.69) is 31.2 Å². The second-order valence-electron chi connectivity index (χ2n) is 5.74. The van der Waals surface area contributed by atoms with E-state index in [0.29, 0.717) is 23.3 Å². The molecule has 0 radical (unpaired) electrons. The van der Waals surface area contributed by atoms with Gasteiger partial charge in [0.15, 0.2) is 0 Å². The maximum absolute atomic E-state index is 11.6. The van der Waals surface area contributed by atoms with Crippen molar-refractivity contribution < 1.29 is 9.53 Å². The Morgan fingerprint density at radius 2 is 2.16 bits per heavy atom. The number of methoxy groups -OCH3 is 1. The number of carbonyl (C=O) groups excluding carboxylic acids is 1. The molecule has 2 heterocycles. The average Bonchev–Trinajstić information content (AvgIpc) is 2.86. The summed E-state index contributed by atoms with van der Waals surface area (Å²) in [6, 6.07) is 0.820. The van der Waals surface area contributed by atoms with Gasteiger partial charge in [0, 0.05) is 29.9 Å². The number of nitrogens with zero attached hydrogens (tertiary/aromatic N) is 1. The van der Waals surface area contributed by atoms with E-state index in [1.54, 1.807) is 11.8 Å². The largest absolute Gasteiger partial charge is 0.468 e. The predicted octanol–water partition coefficient (Wildman–Crippen LogP) is 0.594. The molecule has 5 nitrogen and oxygen atoms in total. The molecule has 19 heavy (non-hydrogen) atoms. The summed E-state index contributed by atoms with van der Waals surface area (Å²) in [5.74, 6) is 0.411. The van der Waals surface area contributed by atoms with Crippen molar-refractivity contribution >= 4 is 17.7 Å². The fourth-order valence-corrected chi connectivity index (χ4v) is 4.46. The zero-order valence-electron chi connectivity index (χ0n) is 12.1. The molecule has 0 spiro atoms. The Kier molecular flexibility index (Phi) is 4.76. The van der Waals surface area contributed by atoms with Crippen molar-refractivity contribution in [3.8, 4) is 0 Å². The van der Waals surface area contributed by atoms with Crippen LogP contribution in [0.3, 0.4) is 0 Å². The number of nitrogens with one attached hydrogen (secondary N) is 1. The lowest BCUT2D eigenvalue weighted by molar-refractivity contribution is -0.140. The Balaban J connectivity index is 1.92. The normalized spacial score (nSPS) is 43.6. The number of hydrazine groups is 1. The highest BCUT2D eigenvalue weighted by molar-refractivity contribution is 8.01. The van der Waals surface area contributed by atoms with E-state index in [0.717, 1.165) is 13.0 Å². The number of thioether (sulfide) groups is 1. The number of rotatable bonds is 3. The third kappa shape index (κ3) is 3.07. The molecule has 0 aromatic heterocycles. The van der Waals surface area contributed by atoms with Gasteiger partial charge in [-0.25, -0.2) is 5.01 Å². The number of ether oxygens (including phenoxy) is 1. The van der Waals surface area contributed by atoms with E-state index in [9.17, 15) is 4.79 Å². The smallest absolute Gasteiger partial charge is 0.318 e. The molecule has 3 N–H and O–H groups in total. The van der Waals surface area contributed by atoms with Gasteiger partial charge in [0.25, 0.3) is 0 Å². The molecule has 0 aromatic rings. The van der Waals surface area contributed by atoms with Crippen molar-refractivity contribution in [3.63, 3.8) is 0 Å². The summed E-state index contributed by atoms with van der Waals surface area (Å²) in [6.45, 7) is 7.42. The fourth-order valence-electron chi connectivity index (χ4n) is 2.96.